The lowest BCUT2D eigenvalue weighted by atomic mass is 10.1. The van der Waals surface area contributed by atoms with Crippen molar-refractivity contribution in [1.29, 1.82) is 0 Å². The lowest BCUT2D eigenvalue weighted by Crippen LogP contribution is -2.24. The van der Waals surface area contributed by atoms with Gasteiger partial charge in [-0.25, -0.2) is 9.59 Å². The fourth-order valence-corrected chi connectivity index (χ4v) is 2.67. The predicted octanol–water partition coefficient (Wildman–Crippen LogP) is 3.32. The second kappa shape index (κ2) is 8.67. The summed E-state index contributed by atoms with van der Waals surface area (Å²) >= 11 is 6.21. The number of ether oxygens (including phenoxy) is 2. The molecule has 26 heavy (non-hydrogen) atoms. The van der Waals surface area contributed by atoms with Crippen molar-refractivity contribution >= 4 is 29.6 Å². The van der Waals surface area contributed by atoms with Crippen molar-refractivity contribution in [3.8, 4) is 0 Å². The zero-order chi connectivity index (χ0) is 19.3. The number of hydrogen-bond donors (Lipinski definition) is 0. The minimum atomic E-state index is -0.956. The van der Waals surface area contributed by atoms with Crippen LogP contribution in [0.4, 0.5) is 0 Å². The number of rotatable bonds is 6. The minimum Gasteiger partial charge on any atom is -0.466 e. The largest absolute Gasteiger partial charge is 0.466 e. The van der Waals surface area contributed by atoms with Crippen molar-refractivity contribution in [2.24, 2.45) is 0 Å². The monoisotopic (exact) mass is 376 g/mol. The van der Waals surface area contributed by atoms with Crippen LogP contribution in [0.25, 0.3) is 6.08 Å². The third kappa shape index (κ3) is 4.73. The Bertz CT molecular complexity index is 842. The van der Waals surface area contributed by atoms with E-state index in [2.05, 4.69) is 9.84 Å². The molecule has 6 nitrogen and oxygen atoms in total. The summed E-state index contributed by atoms with van der Waals surface area (Å²) in [5.74, 6) is -1.23. The van der Waals surface area contributed by atoms with Crippen molar-refractivity contribution in [3.63, 3.8) is 0 Å². The average Bonchev–Trinajstić information content (AvgIpc) is 2.87. The fourth-order valence-electron chi connectivity index (χ4n) is 2.47. The van der Waals surface area contributed by atoms with E-state index in [1.165, 1.54) is 20.1 Å². The van der Waals surface area contributed by atoms with E-state index in [9.17, 15) is 9.59 Å². The molecule has 2 rings (SSSR count). The Balaban J connectivity index is 2.13. The maximum Gasteiger partial charge on any atom is 0.346 e. The molecular formula is C19H21ClN2O4. The van der Waals surface area contributed by atoms with E-state index in [1.54, 1.807) is 6.08 Å². The summed E-state index contributed by atoms with van der Waals surface area (Å²) in [6.45, 7) is 5.76. The molecule has 0 aliphatic rings. The van der Waals surface area contributed by atoms with E-state index in [0.717, 1.165) is 22.5 Å². The first-order chi connectivity index (χ1) is 12.3. The summed E-state index contributed by atoms with van der Waals surface area (Å²) in [6, 6.07) is 7.58. The van der Waals surface area contributed by atoms with Crippen molar-refractivity contribution < 1.29 is 19.1 Å². The quantitative estimate of drug-likeness (QED) is 0.571. The van der Waals surface area contributed by atoms with Gasteiger partial charge in [-0.05, 0) is 38.5 Å². The molecule has 1 atom stereocenters. The van der Waals surface area contributed by atoms with Gasteiger partial charge in [0.15, 0.2) is 6.10 Å². The maximum atomic E-state index is 11.9. The van der Waals surface area contributed by atoms with Crippen LogP contribution in [0.1, 0.15) is 29.4 Å². The number of halogens is 1. The van der Waals surface area contributed by atoms with Gasteiger partial charge in [-0.1, -0.05) is 29.8 Å². The van der Waals surface area contributed by atoms with Crippen LogP contribution in [0.3, 0.4) is 0 Å². The third-order valence-corrected chi connectivity index (χ3v) is 4.30. The number of carbonyl (C=O) groups is 2. The van der Waals surface area contributed by atoms with Crippen LogP contribution in [-0.4, -0.2) is 34.9 Å². The summed E-state index contributed by atoms with van der Waals surface area (Å²) < 4.78 is 11.3. The van der Waals surface area contributed by atoms with Gasteiger partial charge in [0.2, 0.25) is 0 Å². The summed E-state index contributed by atoms with van der Waals surface area (Å²) in [5, 5.41) is 5.19. The highest BCUT2D eigenvalue weighted by Gasteiger charge is 2.17. The summed E-state index contributed by atoms with van der Waals surface area (Å²) in [7, 11) is 1.24. The zero-order valence-electron chi connectivity index (χ0n) is 15.2. The summed E-state index contributed by atoms with van der Waals surface area (Å²) in [5.41, 5.74) is 3.45. The molecule has 0 aliphatic heterocycles. The average molecular weight is 377 g/mol. The highest BCUT2D eigenvalue weighted by Crippen LogP contribution is 2.20. The smallest absolute Gasteiger partial charge is 0.346 e. The number of benzene rings is 1. The predicted molar refractivity (Wildman–Crippen MR) is 98.9 cm³/mol. The first-order valence-electron chi connectivity index (χ1n) is 8.07. The van der Waals surface area contributed by atoms with Gasteiger partial charge in [-0.15, -0.1) is 0 Å². The van der Waals surface area contributed by atoms with Crippen LogP contribution < -0.4 is 0 Å². The van der Waals surface area contributed by atoms with E-state index < -0.39 is 18.0 Å². The Hall–Kier alpha value is -2.60. The molecule has 1 aromatic heterocycles. The highest BCUT2D eigenvalue weighted by atomic mass is 35.5. The second-order valence-electron chi connectivity index (χ2n) is 5.77. The third-order valence-electron chi connectivity index (χ3n) is 3.93. The maximum absolute atomic E-state index is 11.9. The molecule has 138 valence electrons. The van der Waals surface area contributed by atoms with Crippen LogP contribution in [0.2, 0.25) is 5.02 Å². The van der Waals surface area contributed by atoms with Gasteiger partial charge < -0.3 is 9.47 Å². The van der Waals surface area contributed by atoms with Crippen LogP contribution in [-0.2, 0) is 25.6 Å². The van der Waals surface area contributed by atoms with E-state index in [4.69, 9.17) is 16.3 Å². The number of aryl methyl sites for hydroxylation is 1. The summed E-state index contributed by atoms with van der Waals surface area (Å²) in [6.07, 6.45) is 1.95. The van der Waals surface area contributed by atoms with Gasteiger partial charge in [0.25, 0.3) is 0 Å². The lowest BCUT2D eigenvalue weighted by molar-refractivity contribution is -0.161. The number of methoxy groups -OCH3 is 1. The number of hydrogen-bond acceptors (Lipinski definition) is 5. The van der Waals surface area contributed by atoms with Crippen LogP contribution in [0.15, 0.2) is 30.3 Å². The topological polar surface area (TPSA) is 70.4 Å². The van der Waals surface area contributed by atoms with Gasteiger partial charge in [0.05, 0.1) is 19.3 Å². The number of nitrogens with zero attached hydrogens (tertiary/aromatic N) is 2. The van der Waals surface area contributed by atoms with E-state index in [1.807, 2.05) is 42.8 Å². The molecule has 0 aliphatic carbocycles. The number of carbonyl (C=O) groups excluding carboxylic acids is 2. The van der Waals surface area contributed by atoms with Gasteiger partial charge in [0, 0.05) is 22.4 Å². The van der Waals surface area contributed by atoms with Crippen molar-refractivity contribution in [1.82, 2.24) is 9.78 Å². The molecule has 0 saturated carbocycles. The Morgan fingerprint density at radius 2 is 2.00 bits per heavy atom. The molecule has 0 bridgehead atoms. The van der Waals surface area contributed by atoms with E-state index in [0.29, 0.717) is 11.6 Å². The summed E-state index contributed by atoms with van der Waals surface area (Å²) in [4.78, 5) is 23.1. The van der Waals surface area contributed by atoms with Gasteiger partial charge in [-0.3, -0.25) is 4.68 Å². The standard InChI is InChI=1S/C19H21ClN2O4/c1-12-16(9-10-18(23)26-14(3)19(24)25-4)13(2)22(21-12)11-15-7-5-6-8-17(15)20/h5-10,14H,11H2,1-4H3/b10-9+. The highest BCUT2D eigenvalue weighted by molar-refractivity contribution is 6.31. The SMILES string of the molecule is COC(=O)C(C)OC(=O)/C=C/c1c(C)nn(Cc2ccccc2Cl)c1C. The van der Waals surface area contributed by atoms with Crippen molar-refractivity contribution in [2.45, 2.75) is 33.4 Å². The Labute approximate surface area is 157 Å². The second-order valence-corrected chi connectivity index (χ2v) is 6.18. The molecule has 1 unspecified atom stereocenters. The van der Waals surface area contributed by atoms with E-state index in [-0.39, 0.29) is 0 Å². The molecule has 0 radical (unpaired) electrons. The Kier molecular flexibility index (Phi) is 6.58. The fraction of sp³-hybridized carbons (Fsp3) is 0.316. The minimum absolute atomic E-state index is 0.532. The molecule has 0 N–H and O–H groups in total. The molecule has 0 saturated heterocycles. The molecule has 0 fully saturated rings. The van der Waals surface area contributed by atoms with Crippen LogP contribution in [0.5, 0.6) is 0 Å². The number of aromatic nitrogens is 2. The zero-order valence-corrected chi connectivity index (χ0v) is 15.9. The van der Waals surface area contributed by atoms with Gasteiger partial charge in [0.1, 0.15) is 0 Å². The van der Waals surface area contributed by atoms with Gasteiger partial charge in [-0.2, -0.15) is 5.10 Å². The molecule has 1 aromatic carbocycles. The number of esters is 2. The molecule has 7 heteroatoms. The van der Waals surface area contributed by atoms with Crippen molar-refractivity contribution in [3.05, 3.63) is 57.9 Å². The Morgan fingerprint density at radius 3 is 2.65 bits per heavy atom. The lowest BCUT2D eigenvalue weighted by Gasteiger charge is -2.08. The normalized spacial score (nSPS) is 12.2. The molecule has 0 amide bonds. The molecule has 2 aromatic rings. The Morgan fingerprint density at radius 1 is 1.31 bits per heavy atom. The van der Waals surface area contributed by atoms with Crippen LogP contribution in [0, 0.1) is 13.8 Å². The van der Waals surface area contributed by atoms with Crippen LogP contribution >= 0.6 is 11.6 Å². The first kappa shape index (κ1) is 19.7. The van der Waals surface area contributed by atoms with E-state index >= 15 is 0 Å². The molecule has 1 heterocycles. The van der Waals surface area contributed by atoms with Crippen molar-refractivity contribution in [2.75, 3.05) is 7.11 Å². The molecule has 0 spiro atoms. The molecular weight excluding hydrogens is 356 g/mol. The van der Waals surface area contributed by atoms with Gasteiger partial charge >= 0.3 is 11.9 Å². The first-order valence-corrected chi connectivity index (χ1v) is 8.45.